The number of pyridine rings is 1. The number of benzene rings is 3. The third-order valence-electron chi connectivity index (χ3n) is 6.83. The maximum absolute atomic E-state index is 13.4. The van der Waals surface area contributed by atoms with Crippen LogP contribution in [0.5, 0.6) is 0 Å². The van der Waals surface area contributed by atoms with E-state index in [1.54, 1.807) is 11.3 Å². The number of carbonyl (C=O) groups is 1. The minimum absolute atomic E-state index is 0.0757. The molecule has 0 saturated heterocycles. The molecule has 204 valence electrons. The molecule has 9 heteroatoms. The first-order valence-corrected chi connectivity index (χ1v) is 14.4. The van der Waals surface area contributed by atoms with Crippen molar-refractivity contribution in [1.82, 2.24) is 25.6 Å². The number of anilines is 2. The van der Waals surface area contributed by atoms with Gasteiger partial charge in [0.2, 0.25) is 11.7 Å². The number of carbonyl (C=O) groups excluding carboxylic acids is 1. The molecule has 1 amide bonds. The number of H-pyrrole nitrogens is 1. The molecule has 0 spiro atoms. The highest BCUT2D eigenvalue weighted by Gasteiger charge is 2.18. The molecule has 3 aromatic carbocycles. The van der Waals surface area contributed by atoms with E-state index in [0.29, 0.717) is 30.2 Å². The van der Waals surface area contributed by atoms with E-state index in [9.17, 15) is 4.79 Å². The monoisotopic (exact) mass is 559 g/mol. The summed E-state index contributed by atoms with van der Waals surface area (Å²) in [6.45, 7) is 3.67. The Balaban J connectivity index is 1.38. The lowest BCUT2D eigenvalue weighted by Crippen LogP contribution is -2.25. The number of aromatic amines is 1. The molecule has 0 aliphatic carbocycles. The van der Waals surface area contributed by atoms with Crippen LogP contribution in [0, 0.1) is 0 Å². The average molecular weight is 560 g/mol. The summed E-state index contributed by atoms with van der Waals surface area (Å²) in [6.07, 6.45) is 1.24. The maximum Gasteiger partial charge on any atom is 0.228 e. The van der Waals surface area contributed by atoms with Crippen molar-refractivity contribution in [3.63, 3.8) is 0 Å². The van der Waals surface area contributed by atoms with Gasteiger partial charge < -0.3 is 10.2 Å². The Bertz CT molecular complexity index is 1770. The predicted octanol–water partition coefficient (Wildman–Crippen LogP) is 6.74. The molecule has 3 aromatic heterocycles. The van der Waals surface area contributed by atoms with Crippen molar-refractivity contribution in [3.05, 3.63) is 108 Å². The molecule has 0 unspecified atom stereocenters. The third-order valence-corrected chi connectivity index (χ3v) is 7.84. The van der Waals surface area contributed by atoms with Crippen LogP contribution in [-0.4, -0.2) is 38.1 Å². The van der Waals surface area contributed by atoms with Gasteiger partial charge in [-0.1, -0.05) is 79.7 Å². The first kappa shape index (κ1) is 26.3. The highest BCUT2D eigenvalue weighted by molar-refractivity contribution is 7.17. The average Bonchev–Trinajstić information content (AvgIpc) is 3.68. The molecule has 0 bridgehead atoms. The van der Waals surface area contributed by atoms with Crippen LogP contribution in [0.2, 0.25) is 0 Å². The Morgan fingerprint density at radius 3 is 2.54 bits per heavy atom. The summed E-state index contributed by atoms with van der Waals surface area (Å²) in [6, 6.07) is 30.2. The zero-order chi connectivity index (χ0) is 28.0. The number of hydrogen-bond donors (Lipinski definition) is 2. The lowest BCUT2D eigenvalue weighted by Gasteiger charge is -2.25. The van der Waals surface area contributed by atoms with Crippen LogP contribution in [0.3, 0.4) is 0 Å². The van der Waals surface area contributed by atoms with E-state index < -0.39 is 0 Å². The molecule has 0 radical (unpaired) electrons. The van der Waals surface area contributed by atoms with Gasteiger partial charge in [-0.05, 0) is 45.7 Å². The van der Waals surface area contributed by atoms with Gasteiger partial charge in [0, 0.05) is 40.7 Å². The minimum atomic E-state index is -0.0757. The Morgan fingerprint density at radius 2 is 1.73 bits per heavy atom. The van der Waals surface area contributed by atoms with Gasteiger partial charge in [-0.25, -0.2) is 4.98 Å². The summed E-state index contributed by atoms with van der Waals surface area (Å²) in [4.78, 5) is 20.7. The largest absolute Gasteiger partial charge is 0.352 e. The minimum Gasteiger partial charge on any atom is -0.352 e. The van der Waals surface area contributed by atoms with Crippen LogP contribution in [0.15, 0.2) is 96.4 Å². The van der Waals surface area contributed by atoms with Crippen LogP contribution < -0.4 is 10.2 Å². The molecule has 6 rings (SSSR count). The van der Waals surface area contributed by atoms with Crippen LogP contribution in [0.25, 0.3) is 32.7 Å². The number of amides is 1. The molecule has 3 heterocycles. The van der Waals surface area contributed by atoms with Crippen LogP contribution in [0.1, 0.15) is 24.5 Å². The first-order chi connectivity index (χ1) is 20.2. The topological polar surface area (TPSA) is 99.7 Å². The van der Waals surface area contributed by atoms with Crippen molar-refractivity contribution in [3.8, 4) is 22.6 Å². The number of rotatable bonds is 10. The molecule has 0 fully saturated rings. The molecule has 0 aliphatic heterocycles. The quantitative estimate of drug-likeness (QED) is 0.193. The molecule has 0 aliphatic rings. The number of tetrazole rings is 1. The van der Waals surface area contributed by atoms with E-state index in [-0.39, 0.29) is 5.91 Å². The standard InChI is InChI=1S/C32H29N7OS/c1-2-16-39(20-22-10-4-3-5-11-22)30-19-24(33-31(40)17-23-21-41-29-15-9-8-12-25(23)29)18-28(34-30)26-13-6-7-14-27(26)32-35-37-38-36-32/h3-15,18-19,21H,2,16-17,20H2,1H3,(H,33,34,40)(H,35,36,37,38). The number of fused-ring (bicyclic) bond motifs is 1. The van der Waals surface area contributed by atoms with E-state index in [4.69, 9.17) is 4.98 Å². The fourth-order valence-electron chi connectivity index (χ4n) is 4.96. The second-order valence-electron chi connectivity index (χ2n) is 9.77. The van der Waals surface area contributed by atoms with Gasteiger partial charge in [-0.3, -0.25) is 4.79 Å². The van der Waals surface area contributed by atoms with E-state index in [2.05, 4.69) is 67.4 Å². The molecule has 8 nitrogen and oxygen atoms in total. The van der Waals surface area contributed by atoms with Gasteiger partial charge in [0.05, 0.1) is 12.1 Å². The molecular weight excluding hydrogens is 530 g/mol. The van der Waals surface area contributed by atoms with Crippen molar-refractivity contribution in [2.45, 2.75) is 26.3 Å². The lowest BCUT2D eigenvalue weighted by atomic mass is 10.0. The van der Waals surface area contributed by atoms with Gasteiger partial charge in [-0.2, -0.15) is 5.21 Å². The van der Waals surface area contributed by atoms with E-state index in [0.717, 1.165) is 40.9 Å². The first-order valence-electron chi connectivity index (χ1n) is 13.6. The number of thiophene rings is 1. The second kappa shape index (κ2) is 12.1. The van der Waals surface area contributed by atoms with E-state index in [1.165, 1.54) is 10.3 Å². The zero-order valence-electron chi connectivity index (χ0n) is 22.6. The molecule has 41 heavy (non-hydrogen) atoms. The van der Waals surface area contributed by atoms with E-state index in [1.807, 2.05) is 66.7 Å². The van der Waals surface area contributed by atoms with Crippen molar-refractivity contribution < 1.29 is 4.79 Å². The van der Waals surface area contributed by atoms with Gasteiger partial charge in [0.1, 0.15) is 5.82 Å². The van der Waals surface area contributed by atoms with Gasteiger partial charge in [0.15, 0.2) is 0 Å². The summed E-state index contributed by atoms with van der Waals surface area (Å²) in [7, 11) is 0. The molecule has 0 saturated carbocycles. The van der Waals surface area contributed by atoms with Crippen molar-refractivity contribution in [2.24, 2.45) is 0 Å². The summed E-state index contributed by atoms with van der Waals surface area (Å²) < 4.78 is 1.18. The van der Waals surface area contributed by atoms with Crippen LogP contribution in [-0.2, 0) is 17.8 Å². The Morgan fingerprint density at radius 1 is 0.951 bits per heavy atom. The van der Waals surface area contributed by atoms with Crippen LogP contribution in [0.4, 0.5) is 11.5 Å². The Kier molecular flexibility index (Phi) is 7.77. The number of aromatic nitrogens is 5. The van der Waals surface area contributed by atoms with E-state index >= 15 is 0 Å². The fourth-order valence-corrected chi connectivity index (χ4v) is 5.92. The predicted molar refractivity (Wildman–Crippen MR) is 165 cm³/mol. The van der Waals surface area contributed by atoms with Crippen molar-refractivity contribution in [1.29, 1.82) is 0 Å². The molecule has 2 N–H and O–H groups in total. The number of hydrogen-bond acceptors (Lipinski definition) is 7. The van der Waals surface area contributed by atoms with Gasteiger partial charge in [0.25, 0.3) is 0 Å². The zero-order valence-corrected chi connectivity index (χ0v) is 23.4. The lowest BCUT2D eigenvalue weighted by molar-refractivity contribution is -0.115. The Hall–Kier alpha value is -4.89. The van der Waals surface area contributed by atoms with Crippen molar-refractivity contribution >= 4 is 38.8 Å². The van der Waals surface area contributed by atoms with Crippen molar-refractivity contribution in [2.75, 3.05) is 16.8 Å². The molecule has 6 aromatic rings. The Labute approximate surface area is 242 Å². The summed E-state index contributed by atoms with van der Waals surface area (Å²) in [5, 5.41) is 21.0. The summed E-state index contributed by atoms with van der Waals surface area (Å²) >= 11 is 1.66. The number of nitrogens with zero attached hydrogens (tertiary/aromatic N) is 5. The normalized spacial score (nSPS) is 11.0. The number of nitrogens with one attached hydrogen (secondary N) is 2. The summed E-state index contributed by atoms with van der Waals surface area (Å²) in [5.41, 5.74) is 5.27. The SMILES string of the molecule is CCCN(Cc1ccccc1)c1cc(NC(=O)Cc2csc3ccccc23)cc(-c2ccccc2-c2nn[nH]n2)n1. The van der Waals surface area contributed by atoms with Crippen LogP contribution >= 0.6 is 11.3 Å². The third kappa shape index (κ3) is 6.00. The maximum atomic E-state index is 13.4. The highest BCUT2D eigenvalue weighted by atomic mass is 32.1. The molecule has 0 atom stereocenters. The fraction of sp³-hybridized carbons (Fsp3) is 0.156. The molecular formula is C32H29N7OS. The summed E-state index contributed by atoms with van der Waals surface area (Å²) in [5.74, 6) is 1.19. The smallest absolute Gasteiger partial charge is 0.228 e. The van der Waals surface area contributed by atoms with Gasteiger partial charge >= 0.3 is 0 Å². The van der Waals surface area contributed by atoms with Gasteiger partial charge in [-0.15, -0.1) is 21.5 Å². The highest BCUT2D eigenvalue weighted by Crippen LogP contribution is 2.33. The second-order valence-corrected chi connectivity index (χ2v) is 10.7.